The number of rotatable bonds is 4. The SMILES string of the molecule is Cc1ccc(/C(O)=C2/C(=O)C(=O)N(c3c(C)n(C)n(-c4ccccc4)c3=O)C2c2ccc(Br)cc2)cc1. The van der Waals surface area contributed by atoms with Gasteiger partial charge in [-0.05, 0) is 43.7 Å². The van der Waals surface area contributed by atoms with Crippen molar-refractivity contribution in [1.82, 2.24) is 9.36 Å². The number of anilines is 1. The van der Waals surface area contributed by atoms with Gasteiger partial charge in [0.15, 0.2) is 0 Å². The Morgan fingerprint density at radius 1 is 0.865 bits per heavy atom. The zero-order valence-electron chi connectivity index (χ0n) is 20.5. The molecule has 3 aromatic carbocycles. The van der Waals surface area contributed by atoms with Gasteiger partial charge in [0, 0.05) is 17.1 Å². The number of nitrogens with zero attached hydrogens (tertiary/aromatic N) is 3. The van der Waals surface area contributed by atoms with Gasteiger partial charge in [0.25, 0.3) is 17.2 Å². The third-order valence-corrected chi connectivity index (χ3v) is 7.25. The van der Waals surface area contributed by atoms with E-state index >= 15 is 0 Å². The van der Waals surface area contributed by atoms with Crippen LogP contribution in [-0.4, -0.2) is 26.2 Å². The van der Waals surface area contributed by atoms with E-state index in [2.05, 4.69) is 15.9 Å². The highest BCUT2D eigenvalue weighted by atomic mass is 79.9. The zero-order valence-corrected chi connectivity index (χ0v) is 22.1. The molecule has 1 atom stereocenters. The number of para-hydroxylation sites is 1. The molecule has 1 unspecified atom stereocenters. The van der Waals surface area contributed by atoms with Gasteiger partial charge in [0.1, 0.15) is 11.4 Å². The summed E-state index contributed by atoms with van der Waals surface area (Å²) in [5, 5.41) is 11.3. The number of hydrogen-bond donors (Lipinski definition) is 1. The van der Waals surface area contributed by atoms with Crippen molar-refractivity contribution in [3.63, 3.8) is 0 Å². The van der Waals surface area contributed by atoms with Gasteiger partial charge in [-0.25, -0.2) is 4.68 Å². The van der Waals surface area contributed by atoms with Gasteiger partial charge in [0.05, 0.1) is 23.0 Å². The smallest absolute Gasteiger partial charge is 0.300 e. The molecule has 2 heterocycles. The molecule has 1 N–H and O–H groups in total. The van der Waals surface area contributed by atoms with Crippen LogP contribution in [0.2, 0.25) is 0 Å². The molecule has 1 aliphatic rings. The first kappa shape index (κ1) is 24.5. The molecule has 1 aromatic heterocycles. The summed E-state index contributed by atoms with van der Waals surface area (Å²) in [6.07, 6.45) is 0. The second kappa shape index (κ2) is 9.37. The first-order valence-corrected chi connectivity index (χ1v) is 12.5. The standard InChI is InChI=1S/C29H24BrN3O4/c1-17-9-11-20(12-10-17)26(34)23-25(19-13-15-21(30)16-14-19)32(29(37)27(23)35)24-18(2)31(3)33(28(24)36)22-7-5-4-6-8-22/h4-16,25,34H,1-3H3/b26-23-. The molecule has 1 fully saturated rings. The molecule has 7 nitrogen and oxygen atoms in total. The second-order valence-electron chi connectivity index (χ2n) is 9.00. The van der Waals surface area contributed by atoms with Crippen LogP contribution in [0.15, 0.2) is 93.7 Å². The van der Waals surface area contributed by atoms with Crippen LogP contribution >= 0.6 is 15.9 Å². The van der Waals surface area contributed by atoms with Crippen molar-refractivity contribution in [1.29, 1.82) is 0 Å². The quantitative estimate of drug-likeness (QED) is 0.213. The van der Waals surface area contributed by atoms with Crippen LogP contribution in [0, 0.1) is 13.8 Å². The van der Waals surface area contributed by atoms with Crippen LogP contribution in [0.5, 0.6) is 0 Å². The predicted molar refractivity (Wildman–Crippen MR) is 146 cm³/mol. The van der Waals surface area contributed by atoms with Gasteiger partial charge in [0.2, 0.25) is 0 Å². The fourth-order valence-electron chi connectivity index (χ4n) is 4.72. The van der Waals surface area contributed by atoms with Crippen LogP contribution in [0.1, 0.15) is 28.4 Å². The summed E-state index contributed by atoms with van der Waals surface area (Å²) in [6.45, 7) is 3.65. The van der Waals surface area contributed by atoms with E-state index in [0.717, 1.165) is 10.0 Å². The van der Waals surface area contributed by atoms with E-state index in [1.807, 2.05) is 37.3 Å². The number of Topliss-reactive ketones (excluding diaryl/α,β-unsaturated/α-hetero) is 1. The number of aliphatic hydroxyl groups is 1. The Bertz CT molecular complexity index is 1610. The maximum Gasteiger partial charge on any atom is 0.300 e. The van der Waals surface area contributed by atoms with E-state index in [9.17, 15) is 19.5 Å². The summed E-state index contributed by atoms with van der Waals surface area (Å²) in [5.41, 5.74) is 2.71. The van der Waals surface area contributed by atoms with Crippen molar-refractivity contribution in [3.8, 4) is 5.69 Å². The van der Waals surface area contributed by atoms with E-state index in [1.165, 1.54) is 9.58 Å². The highest BCUT2D eigenvalue weighted by Crippen LogP contribution is 2.42. The van der Waals surface area contributed by atoms with Gasteiger partial charge >= 0.3 is 0 Å². The predicted octanol–water partition coefficient (Wildman–Crippen LogP) is 5.18. The highest BCUT2D eigenvalue weighted by molar-refractivity contribution is 9.10. The lowest BCUT2D eigenvalue weighted by atomic mass is 9.95. The summed E-state index contributed by atoms with van der Waals surface area (Å²) >= 11 is 3.42. The van der Waals surface area contributed by atoms with E-state index in [4.69, 9.17) is 0 Å². The molecule has 1 aliphatic heterocycles. The summed E-state index contributed by atoms with van der Waals surface area (Å²) in [5.74, 6) is -2.00. The van der Waals surface area contributed by atoms with Crippen molar-refractivity contribution < 1.29 is 14.7 Å². The Labute approximate surface area is 222 Å². The highest BCUT2D eigenvalue weighted by Gasteiger charge is 2.49. The molecule has 0 spiro atoms. The molecule has 37 heavy (non-hydrogen) atoms. The third-order valence-electron chi connectivity index (χ3n) is 6.72. The van der Waals surface area contributed by atoms with Crippen molar-refractivity contribution in [3.05, 3.63) is 122 Å². The average molecular weight is 558 g/mol. The van der Waals surface area contributed by atoms with E-state index in [1.54, 1.807) is 67.2 Å². The van der Waals surface area contributed by atoms with Crippen molar-refractivity contribution in [2.45, 2.75) is 19.9 Å². The topological polar surface area (TPSA) is 84.5 Å². The Hall–Kier alpha value is -4.17. The Kier molecular flexibility index (Phi) is 6.21. The van der Waals surface area contributed by atoms with Crippen LogP contribution in [0.3, 0.4) is 0 Å². The number of ketones is 1. The molecule has 4 aromatic rings. The zero-order chi connectivity index (χ0) is 26.4. The Balaban J connectivity index is 1.78. The summed E-state index contributed by atoms with van der Waals surface area (Å²) in [7, 11) is 1.73. The first-order valence-electron chi connectivity index (χ1n) is 11.7. The van der Waals surface area contributed by atoms with Gasteiger partial charge in [-0.15, -0.1) is 0 Å². The number of aryl methyl sites for hydroxylation is 1. The fraction of sp³-hybridized carbons (Fsp3) is 0.138. The molecule has 0 radical (unpaired) electrons. The number of halogens is 1. The van der Waals surface area contributed by atoms with Crippen molar-refractivity contribution in [2.24, 2.45) is 7.05 Å². The number of hydrogen-bond acceptors (Lipinski definition) is 4. The maximum absolute atomic E-state index is 13.8. The van der Waals surface area contributed by atoms with E-state index < -0.39 is 23.3 Å². The molecule has 0 bridgehead atoms. The minimum absolute atomic E-state index is 0.0647. The molecule has 1 saturated heterocycles. The number of aromatic nitrogens is 2. The minimum atomic E-state index is -0.993. The average Bonchev–Trinajstić information content (AvgIpc) is 3.28. The normalized spacial score (nSPS) is 17.0. The minimum Gasteiger partial charge on any atom is -0.507 e. The largest absolute Gasteiger partial charge is 0.507 e. The molecule has 0 saturated carbocycles. The van der Waals surface area contributed by atoms with Gasteiger partial charge < -0.3 is 5.11 Å². The number of amides is 1. The van der Waals surface area contributed by atoms with Gasteiger partial charge in [-0.2, -0.15) is 0 Å². The Morgan fingerprint density at radius 3 is 2.11 bits per heavy atom. The summed E-state index contributed by atoms with van der Waals surface area (Å²) < 4.78 is 3.93. The summed E-state index contributed by atoms with van der Waals surface area (Å²) in [6, 6.07) is 22.2. The molecule has 8 heteroatoms. The third kappa shape index (κ3) is 4.03. The lowest BCUT2D eigenvalue weighted by Crippen LogP contribution is -2.34. The van der Waals surface area contributed by atoms with Crippen LogP contribution < -0.4 is 10.5 Å². The molecular weight excluding hydrogens is 534 g/mol. The lowest BCUT2D eigenvalue weighted by molar-refractivity contribution is -0.132. The first-order chi connectivity index (χ1) is 17.7. The van der Waals surface area contributed by atoms with E-state index in [-0.39, 0.29) is 17.0 Å². The molecule has 186 valence electrons. The number of aliphatic hydroxyl groups excluding tert-OH is 1. The molecular formula is C29H24BrN3O4. The number of carbonyl (C=O) groups excluding carboxylic acids is 2. The molecule has 0 aliphatic carbocycles. The molecule has 5 rings (SSSR count). The van der Waals surface area contributed by atoms with Gasteiger partial charge in [-0.1, -0.05) is 76.1 Å². The van der Waals surface area contributed by atoms with Crippen LogP contribution in [-0.2, 0) is 16.6 Å². The molecule has 1 amide bonds. The fourth-order valence-corrected chi connectivity index (χ4v) is 4.99. The van der Waals surface area contributed by atoms with Crippen molar-refractivity contribution in [2.75, 3.05) is 4.90 Å². The van der Waals surface area contributed by atoms with Gasteiger partial charge in [-0.3, -0.25) is 24.0 Å². The number of benzene rings is 3. The lowest BCUT2D eigenvalue weighted by Gasteiger charge is -2.24. The van der Waals surface area contributed by atoms with Crippen LogP contribution in [0.4, 0.5) is 5.69 Å². The van der Waals surface area contributed by atoms with Crippen molar-refractivity contribution >= 4 is 39.1 Å². The maximum atomic E-state index is 13.8. The summed E-state index contributed by atoms with van der Waals surface area (Å²) in [4.78, 5) is 42.1. The second-order valence-corrected chi connectivity index (χ2v) is 9.91. The Morgan fingerprint density at radius 2 is 1.49 bits per heavy atom. The van der Waals surface area contributed by atoms with Crippen LogP contribution in [0.25, 0.3) is 11.4 Å². The van der Waals surface area contributed by atoms with E-state index in [0.29, 0.717) is 22.5 Å². The number of carbonyl (C=O) groups is 2. The monoisotopic (exact) mass is 557 g/mol.